The quantitative estimate of drug-likeness (QED) is 0.522. The fourth-order valence-electron chi connectivity index (χ4n) is 0.287. The molecule has 0 aliphatic carbocycles. The lowest BCUT2D eigenvalue weighted by Gasteiger charge is -2.09. The van der Waals surface area contributed by atoms with Crippen molar-refractivity contribution >= 4 is 29.2 Å². The summed E-state index contributed by atoms with van der Waals surface area (Å²) in [6.07, 6.45) is -0.549. The van der Waals surface area contributed by atoms with Gasteiger partial charge in [0.05, 0.1) is 6.61 Å². The molecule has 0 fully saturated rings. The Morgan fingerprint density at radius 3 is 2.50 bits per heavy atom. The molecule has 0 radical (unpaired) electrons. The summed E-state index contributed by atoms with van der Waals surface area (Å²) in [7, 11) is 0. The van der Waals surface area contributed by atoms with Gasteiger partial charge in [-0.1, -0.05) is 23.2 Å². The van der Waals surface area contributed by atoms with Gasteiger partial charge in [0.15, 0.2) is 0 Å². The molecule has 3 nitrogen and oxygen atoms in total. The monoisotopic (exact) mass is 186 g/mol. The number of ether oxygens (including phenoxy) is 1. The number of halogens is 2. The molecule has 0 aromatic carbocycles. The Morgan fingerprint density at radius 1 is 1.70 bits per heavy atom. The molecular weight excluding hydrogens is 179 g/mol. The lowest BCUT2D eigenvalue weighted by Crippen LogP contribution is -2.22. The second-order valence-electron chi connectivity index (χ2n) is 1.73. The van der Waals surface area contributed by atoms with Crippen molar-refractivity contribution in [1.82, 2.24) is 0 Å². The zero-order valence-electron chi connectivity index (χ0n) is 5.38. The van der Waals surface area contributed by atoms with Crippen LogP contribution in [0.15, 0.2) is 0 Å². The van der Waals surface area contributed by atoms with Gasteiger partial charge in [-0.25, -0.2) is 4.79 Å². The van der Waals surface area contributed by atoms with Crippen LogP contribution in [0.1, 0.15) is 6.92 Å². The molecular formula is C5H8Cl2O3. The predicted molar refractivity (Wildman–Crippen MR) is 38.1 cm³/mol. The van der Waals surface area contributed by atoms with Crippen molar-refractivity contribution in [3.05, 3.63) is 0 Å². The highest BCUT2D eigenvalue weighted by atomic mass is 35.5. The van der Waals surface area contributed by atoms with E-state index in [4.69, 9.17) is 28.3 Å². The summed E-state index contributed by atoms with van der Waals surface area (Å²) >= 11 is 10.3. The Morgan fingerprint density at radius 2 is 2.20 bits per heavy atom. The molecule has 0 saturated heterocycles. The van der Waals surface area contributed by atoms with Gasteiger partial charge in [0, 0.05) is 0 Å². The van der Waals surface area contributed by atoms with Gasteiger partial charge in [-0.15, -0.1) is 0 Å². The highest BCUT2D eigenvalue weighted by Gasteiger charge is 2.15. The van der Waals surface area contributed by atoms with Gasteiger partial charge in [-0.05, 0) is 6.92 Å². The molecule has 0 amide bonds. The molecule has 0 rings (SSSR count). The minimum atomic E-state index is -1.17. The molecule has 0 aromatic rings. The molecule has 60 valence electrons. The van der Waals surface area contributed by atoms with Crippen LogP contribution in [0.5, 0.6) is 0 Å². The maximum atomic E-state index is 10.5. The van der Waals surface area contributed by atoms with Crippen LogP contribution in [0.2, 0.25) is 0 Å². The third kappa shape index (κ3) is 3.93. The van der Waals surface area contributed by atoms with Crippen LogP contribution in [0.3, 0.4) is 0 Å². The van der Waals surface area contributed by atoms with E-state index in [0.717, 1.165) is 0 Å². The number of aliphatic hydroxyl groups is 1. The van der Waals surface area contributed by atoms with Crippen molar-refractivity contribution < 1.29 is 14.6 Å². The first kappa shape index (κ1) is 10.0. The summed E-state index contributed by atoms with van der Waals surface area (Å²) in [6.45, 7) is 1.31. The van der Waals surface area contributed by atoms with Gasteiger partial charge >= 0.3 is 5.97 Å². The summed E-state index contributed by atoms with van der Waals surface area (Å²) in [5.74, 6) is -0.732. The molecule has 5 heteroatoms. The maximum Gasteiger partial charge on any atom is 0.339 e. The van der Waals surface area contributed by atoms with Crippen LogP contribution in [0.25, 0.3) is 0 Å². The van der Waals surface area contributed by atoms with E-state index in [0.29, 0.717) is 0 Å². The minimum absolute atomic E-state index is 0.230. The van der Waals surface area contributed by atoms with Gasteiger partial charge in [0.1, 0.15) is 6.10 Å². The van der Waals surface area contributed by atoms with Crippen LogP contribution >= 0.6 is 23.2 Å². The number of aliphatic hydroxyl groups excluding tert-OH is 1. The zero-order valence-corrected chi connectivity index (χ0v) is 6.89. The summed E-state index contributed by atoms with van der Waals surface area (Å²) in [5.41, 5.74) is 0. The predicted octanol–water partition coefficient (Wildman–Crippen LogP) is 0.714. The van der Waals surface area contributed by atoms with Gasteiger partial charge in [0.25, 0.3) is 0 Å². The Bertz CT molecular complexity index is 115. The number of rotatable bonds is 3. The Labute approximate surface area is 68.9 Å². The fourth-order valence-corrected chi connectivity index (χ4v) is 0.390. The Hall–Kier alpha value is 0.01000. The van der Waals surface area contributed by atoms with Crippen molar-refractivity contribution in [3.63, 3.8) is 0 Å². The van der Waals surface area contributed by atoms with E-state index in [1.54, 1.807) is 0 Å². The minimum Gasteiger partial charge on any atom is -0.458 e. The fraction of sp³-hybridized carbons (Fsp3) is 0.800. The van der Waals surface area contributed by atoms with Crippen LogP contribution in [-0.2, 0) is 9.53 Å². The zero-order chi connectivity index (χ0) is 8.15. The van der Waals surface area contributed by atoms with Gasteiger partial charge in [0.2, 0.25) is 4.84 Å². The van der Waals surface area contributed by atoms with Crippen molar-refractivity contribution in [2.24, 2.45) is 0 Å². The summed E-state index contributed by atoms with van der Waals surface area (Å²) < 4.78 is 4.51. The van der Waals surface area contributed by atoms with E-state index < -0.39 is 16.9 Å². The average molecular weight is 187 g/mol. The van der Waals surface area contributed by atoms with E-state index in [1.165, 1.54) is 6.92 Å². The molecule has 1 atom stereocenters. The van der Waals surface area contributed by atoms with Crippen LogP contribution in [-0.4, -0.2) is 28.6 Å². The van der Waals surface area contributed by atoms with Crippen molar-refractivity contribution in [2.75, 3.05) is 6.61 Å². The molecule has 0 spiro atoms. The number of carbonyl (C=O) groups excluding carboxylic acids is 1. The van der Waals surface area contributed by atoms with Crippen molar-refractivity contribution in [3.8, 4) is 0 Å². The standard InChI is InChI=1S/C5H8Cl2O3/c1-3(2-8)10-5(9)4(6)7/h3-4,8H,2H2,1H3. The van der Waals surface area contributed by atoms with E-state index in [-0.39, 0.29) is 6.61 Å². The first-order valence-electron chi connectivity index (χ1n) is 2.67. The first-order valence-corrected chi connectivity index (χ1v) is 3.54. The molecule has 1 N–H and O–H groups in total. The maximum absolute atomic E-state index is 10.5. The van der Waals surface area contributed by atoms with Crippen LogP contribution in [0.4, 0.5) is 0 Å². The number of hydrogen-bond donors (Lipinski definition) is 1. The SMILES string of the molecule is CC(CO)OC(=O)C(Cl)Cl. The highest BCUT2D eigenvalue weighted by molar-refractivity contribution is 6.52. The molecule has 0 heterocycles. The second-order valence-corrected chi connectivity index (χ2v) is 2.83. The van der Waals surface area contributed by atoms with Crippen LogP contribution < -0.4 is 0 Å². The Balaban J connectivity index is 3.57. The van der Waals surface area contributed by atoms with Gasteiger partial charge < -0.3 is 9.84 Å². The smallest absolute Gasteiger partial charge is 0.339 e. The third-order valence-electron chi connectivity index (χ3n) is 0.753. The first-order chi connectivity index (χ1) is 4.57. The molecule has 0 aromatic heterocycles. The van der Waals surface area contributed by atoms with Crippen molar-refractivity contribution in [2.45, 2.75) is 17.9 Å². The van der Waals surface area contributed by atoms with Crippen molar-refractivity contribution in [1.29, 1.82) is 0 Å². The number of esters is 1. The normalized spacial score (nSPS) is 13.3. The van der Waals surface area contributed by atoms with E-state index in [1.807, 2.05) is 0 Å². The van der Waals surface area contributed by atoms with Gasteiger partial charge in [-0.3, -0.25) is 0 Å². The average Bonchev–Trinajstić information content (AvgIpc) is 1.87. The molecule has 0 aliphatic heterocycles. The molecule has 0 saturated carbocycles. The topological polar surface area (TPSA) is 46.5 Å². The second kappa shape index (κ2) is 4.77. The lowest BCUT2D eigenvalue weighted by molar-refractivity contribution is -0.147. The summed E-state index contributed by atoms with van der Waals surface area (Å²) in [6, 6.07) is 0. The number of alkyl halides is 2. The molecule has 0 aliphatic rings. The molecule has 10 heavy (non-hydrogen) atoms. The van der Waals surface area contributed by atoms with E-state index >= 15 is 0 Å². The Kier molecular flexibility index (Phi) is 4.77. The van der Waals surface area contributed by atoms with E-state index in [9.17, 15) is 4.79 Å². The third-order valence-corrected chi connectivity index (χ3v) is 1.11. The van der Waals surface area contributed by atoms with Gasteiger partial charge in [-0.2, -0.15) is 0 Å². The number of carbonyl (C=O) groups is 1. The lowest BCUT2D eigenvalue weighted by atomic mass is 10.4. The van der Waals surface area contributed by atoms with E-state index in [2.05, 4.69) is 4.74 Å². The molecule has 0 bridgehead atoms. The summed E-state index contributed by atoms with van der Waals surface area (Å²) in [4.78, 5) is 9.34. The largest absolute Gasteiger partial charge is 0.458 e. The van der Waals surface area contributed by atoms with Crippen LogP contribution in [0, 0.1) is 0 Å². The summed E-state index contributed by atoms with van der Waals surface area (Å²) in [5, 5.41) is 8.40. The number of hydrogen-bond acceptors (Lipinski definition) is 3. The highest BCUT2D eigenvalue weighted by Crippen LogP contribution is 2.05. The molecule has 1 unspecified atom stereocenters.